The van der Waals surface area contributed by atoms with Crippen LogP contribution in [0.25, 0.3) is 0 Å². The summed E-state index contributed by atoms with van der Waals surface area (Å²) in [5.74, 6) is -2.37. The zero-order valence-corrected chi connectivity index (χ0v) is 10.3. The smallest absolute Gasteiger partial charge is 0.251 e. The molecular weight excluding hydrogens is 250 g/mol. The van der Waals surface area contributed by atoms with Gasteiger partial charge in [-0.05, 0) is 36.8 Å². The monoisotopic (exact) mass is 264 g/mol. The molecule has 1 aromatic carbocycles. The summed E-state index contributed by atoms with van der Waals surface area (Å²) in [6.45, 7) is 1.28. The highest BCUT2D eigenvalue weighted by molar-refractivity contribution is 5.94. The topological polar surface area (TPSA) is 34.0 Å². The van der Waals surface area contributed by atoms with E-state index < -0.39 is 17.5 Å². The number of carbonyl (C=O) groups is 1. The molecule has 0 aliphatic carbocycles. The van der Waals surface area contributed by atoms with Crippen LogP contribution in [-0.2, 0) is 6.54 Å². The summed E-state index contributed by atoms with van der Waals surface area (Å²) >= 11 is 0. The number of hydrogen-bond acceptors (Lipinski definition) is 1. The molecule has 0 saturated heterocycles. The lowest BCUT2D eigenvalue weighted by Crippen LogP contribution is -2.25. The number of benzene rings is 1. The molecule has 0 fully saturated rings. The van der Waals surface area contributed by atoms with E-state index in [1.165, 1.54) is 6.07 Å². The Labute approximate surface area is 109 Å². The van der Waals surface area contributed by atoms with E-state index in [1.54, 1.807) is 0 Å². The molecule has 1 heterocycles. The standard InChI is InChI=1S/C14H14F2N2O/c15-12-5-4-11(10-13(12)16)14(19)17-6-3-9-18-7-1-2-8-18/h1-2,4-5,7-8,10H,3,6,9H2,(H,17,19). The van der Waals surface area contributed by atoms with Gasteiger partial charge in [-0.2, -0.15) is 0 Å². The van der Waals surface area contributed by atoms with Gasteiger partial charge in [0.15, 0.2) is 11.6 Å². The van der Waals surface area contributed by atoms with Crippen molar-refractivity contribution >= 4 is 5.91 Å². The van der Waals surface area contributed by atoms with Crippen LogP contribution < -0.4 is 5.32 Å². The molecule has 0 aliphatic rings. The van der Waals surface area contributed by atoms with Gasteiger partial charge >= 0.3 is 0 Å². The van der Waals surface area contributed by atoms with Gasteiger partial charge < -0.3 is 9.88 Å². The first kappa shape index (κ1) is 13.3. The summed E-state index contributed by atoms with van der Waals surface area (Å²) in [5.41, 5.74) is 0.125. The van der Waals surface area contributed by atoms with E-state index in [2.05, 4.69) is 5.32 Å². The summed E-state index contributed by atoms with van der Waals surface area (Å²) in [6, 6.07) is 6.97. The fourth-order valence-corrected chi connectivity index (χ4v) is 1.72. The lowest BCUT2D eigenvalue weighted by atomic mass is 10.2. The predicted molar refractivity (Wildman–Crippen MR) is 67.7 cm³/mol. The van der Waals surface area contributed by atoms with Crippen LogP contribution in [0.5, 0.6) is 0 Å². The molecule has 3 nitrogen and oxygen atoms in total. The van der Waals surface area contributed by atoms with Crippen LogP contribution in [0.4, 0.5) is 8.78 Å². The number of nitrogens with one attached hydrogen (secondary N) is 1. The zero-order valence-electron chi connectivity index (χ0n) is 10.3. The van der Waals surface area contributed by atoms with E-state index in [1.807, 2.05) is 29.1 Å². The number of hydrogen-bond donors (Lipinski definition) is 1. The highest BCUT2D eigenvalue weighted by atomic mass is 19.2. The van der Waals surface area contributed by atoms with Crippen LogP contribution in [0.1, 0.15) is 16.8 Å². The van der Waals surface area contributed by atoms with Crippen LogP contribution in [0, 0.1) is 11.6 Å². The Balaban J connectivity index is 1.79. The van der Waals surface area contributed by atoms with E-state index in [0.29, 0.717) is 6.54 Å². The van der Waals surface area contributed by atoms with Crippen molar-refractivity contribution in [2.75, 3.05) is 6.54 Å². The molecule has 0 bridgehead atoms. The highest BCUT2D eigenvalue weighted by Crippen LogP contribution is 2.08. The Bertz CT molecular complexity index is 553. The molecule has 19 heavy (non-hydrogen) atoms. The first-order valence-electron chi connectivity index (χ1n) is 6.01. The van der Waals surface area contributed by atoms with Crippen molar-refractivity contribution in [3.8, 4) is 0 Å². The fraction of sp³-hybridized carbons (Fsp3) is 0.214. The summed E-state index contributed by atoms with van der Waals surface area (Å²) in [4.78, 5) is 11.7. The molecule has 1 N–H and O–H groups in total. The minimum atomic E-state index is -1.01. The molecule has 0 aliphatic heterocycles. The number of aromatic nitrogens is 1. The van der Waals surface area contributed by atoms with Crippen LogP contribution in [0.15, 0.2) is 42.7 Å². The third kappa shape index (κ3) is 3.64. The second kappa shape index (κ2) is 6.13. The molecule has 2 aromatic rings. The van der Waals surface area contributed by atoms with Gasteiger partial charge in [0.2, 0.25) is 0 Å². The average Bonchev–Trinajstić information content (AvgIpc) is 2.91. The van der Waals surface area contributed by atoms with Gasteiger partial charge in [0, 0.05) is 31.0 Å². The Morgan fingerprint density at radius 3 is 2.58 bits per heavy atom. The number of amides is 1. The third-order valence-electron chi connectivity index (χ3n) is 2.73. The molecule has 5 heteroatoms. The molecular formula is C14H14F2N2O. The van der Waals surface area contributed by atoms with Crippen LogP contribution in [0.3, 0.4) is 0 Å². The second-order valence-electron chi connectivity index (χ2n) is 4.16. The number of rotatable bonds is 5. The molecule has 1 aromatic heterocycles. The maximum Gasteiger partial charge on any atom is 0.251 e. The van der Waals surface area contributed by atoms with E-state index in [-0.39, 0.29) is 5.56 Å². The molecule has 100 valence electrons. The van der Waals surface area contributed by atoms with Gasteiger partial charge in [0.25, 0.3) is 5.91 Å². The SMILES string of the molecule is O=C(NCCCn1cccc1)c1ccc(F)c(F)c1. The third-order valence-corrected chi connectivity index (χ3v) is 2.73. The van der Waals surface area contributed by atoms with Gasteiger partial charge in [-0.25, -0.2) is 8.78 Å². The second-order valence-corrected chi connectivity index (χ2v) is 4.16. The van der Waals surface area contributed by atoms with Crippen molar-refractivity contribution in [3.05, 3.63) is 59.9 Å². The Hall–Kier alpha value is -2.17. The van der Waals surface area contributed by atoms with Gasteiger partial charge in [0.1, 0.15) is 0 Å². The van der Waals surface area contributed by atoms with Gasteiger partial charge in [0.05, 0.1) is 0 Å². The number of aryl methyl sites for hydroxylation is 1. The van der Waals surface area contributed by atoms with Crippen molar-refractivity contribution in [1.82, 2.24) is 9.88 Å². The van der Waals surface area contributed by atoms with E-state index in [9.17, 15) is 13.6 Å². The summed E-state index contributed by atoms with van der Waals surface area (Å²) in [7, 11) is 0. The average molecular weight is 264 g/mol. The molecule has 2 rings (SSSR count). The molecule has 0 radical (unpaired) electrons. The predicted octanol–water partition coefficient (Wildman–Crippen LogP) is 2.59. The minimum absolute atomic E-state index is 0.125. The Morgan fingerprint density at radius 2 is 1.89 bits per heavy atom. The van der Waals surface area contributed by atoms with Crippen LogP contribution in [0.2, 0.25) is 0 Å². The molecule has 1 amide bonds. The lowest BCUT2D eigenvalue weighted by Gasteiger charge is -2.06. The molecule has 0 spiro atoms. The van der Waals surface area contributed by atoms with Crippen molar-refractivity contribution in [2.24, 2.45) is 0 Å². The van der Waals surface area contributed by atoms with Crippen molar-refractivity contribution in [1.29, 1.82) is 0 Å². The maximum absolute atomic E-state index is 13.0. The summed E-state index contributed by atoms with van der Waals surface area (Å²) in [6.07, 6.45) is 4.65. The van der Waals surface area contributed by atoms with Crippen LogP contribution >= 0.6 is 0 Å². The number of nitrogens with zero attached hydrogens (tertiary/aromatic N) is 1. The Kier molecular flexibility index (Phi) is 4.28. The van der Waals surface area contributed by atoms with E-state index >= 15 is 0 Å². The van der Waals surface area contributed by atoms with Gasteiger partial charge in [-0.1, -0.05) is 0 Å². The fourth-order valence-electron chi connectivity index (χ4n) is 1.72. The van der Waals surface area contributed by atoms with Crippen molar-refractivity contribution in [3.63, 3.8) is 0 Å². The van der Waals surface area contributed by atoms with E-state index in [4.69, 9.17) is 0 Å². The Morgan fingerprint density at radius 1 is 1.16 bits per heavy atom. The molecule has 0 atom stereocenters. The normalized spacial score (nSPS) is 10.4. The van der Waals surface area contributed by atoms with Gasteiger partial charge in [-0.3, -0.25) is 4.79 Å². The largest absolute Gasteiger partial charge is 0.354 e. The molecule has 0 saturated carbocycles. The van der Waals surface area contributed by atoms with Crippen molar-refractivity contribution in [2.45, 2.75) is 13.0 Å². The maximum atomic E-state index is 13.0. The molecule has 0 unspecified atom stereocenters. The van der Waals surface area contributed by atoms with E-state index in [0.717, 1.165) is 25.1 Å². The first-order chi connectivity index (χ1) is 9.16. The van der Waals surface area contributed by atoms with Crippen molar-refractivity contribution < 1.29 is 13.6 Å². The first-order valence-corrected chi connectivity index (χ1v) is 6.01. The van der Waals surface area contributed by atoms with Crippen LogP contribution in [-0.4, -0.2) is 17.0 Å². The summed E-state index contributed by atoms with van der Waals surface area (Å²) in [5, 5.41) is 2.67. The highest BCUT2D eigenvalue weighted by Gasteiger charge is 2.08. The summed E-state index contributed by atoms with van der Waals surface area (Å²) < 4.78 is 27.7. The zero-order chi connectivity index (χ0) is 13.7. The lowest BCUT2D eigenvalue weighted by molar-refractivity contribution is 0.0952. The quantitative estimate of drug-likeness (QED) is 0.827. The number of halogens is 2. The van der Waals surface area contributed by atoms with Gasteiger partial charge in [-0.15, -0.1) is 0 Å². The number of carbonyl (C=O) groups excluding carboxylic acids is 1. The minimum Gasteiger partial charge on any atom is -0.354 e.